The number of piperidine rings is 1. The third kappa shape index (κ3) is 1.40. The van der Waals surface area contributed by atoms with Gasteiger partial charge in [0.05, 0.1) is 0 Å². The molecule has 1 spiro atoms. The Hall–Kier alpha value is -0.0800. The highest BCUT2D eigenvalue weighted by Crippen LogP contribution is 2.60. The van der Waals surface area contributed by atoms with Crippen LogP contribution in [0.1, 0.15) is 38.5 Å². The summed E-state index contributed by atoms with van der Waals surface area (Å²) in [4.78, 5) is 0. The van der Waals surface area contributed by atoms with Gasteiger partial charge in [0.25, 0.3) is 0 Å². The van der Waals surface area contributed by atoms with Crippen LogP contribution in [0.15, 0.2) is 0 Å². The van der Waals surface area contributed by atoms with Gasteiger partial charge in [-0.05, 0) is 44.1 Å². The fourth-order valence-electron chi connectivity index (χ4n) is 3.05. The molecule has 13 heavy (non-hydrogen) atoms. The number of hydrogen-bond donors (Lipinski definition) is 2. The summed E-state index contributed by atoms with van der Waals surface area (Å²) in [7, 11) is 0. The van der Waals surface area contributed by atoms with Crippen molar-refractivity contribution in [2.45, 2.75) is 50.6 Å². The SMILES string of the molecule is C1CNCC(NC2CC23CCC3)C1. The molecule has 2 atom stereocenters. The van der Waals surface area contributed by atoms with Gasteiger partial charge in [0.15, 0.2) is 0 Å². The fraction of sp³-hybridized carbons (Fsp3) is 1.00. The monoisotopic (exact) mass is 180 g/mol. The first-order valence-corrected chi connectivity index (χ1v) is 5.86. The molecule has 2 unspecified atom stereocenters. The lowest BCUT2D eigenvalue weighted by molar-refractivity contribution is 0.252. The van der Waals surface area contributed by atoms with E-state index in [0.717, 1.165) is 17.5 Å². The minimum absolute atomic E-state index is 0.777. The maximum Gasteiger partial charge on any atom is 0.0195 e. The van der Waals surface area contributed by atoms with Crippen molar-refractivity contribution in [2.24, 2.45) is 5.41 Å². The summed E-state index contributed by atoms with van der Waals surface area (Å²) in [5.74, 6) is 0. The predicted molar refractivity (Wildman–Crippen MR) is 53.7 cm³/mol. The molecule has 2 nitrogen and oxygen atoms in total. The summed E-state index contributed by atoms with van der Waals surface area (Å²) in [6.07, 6.45) is 8.72. The average Bonchev–Trinajstić information content (AvgIpc) is 2.80. The topological polar surface area (TPSA) is 24.1 Å². The van der Waals surface area contributed by atoms with Gasteiger partial charge in [0.1, 0.15) is 0 Å². The van der Waals surface area contributed by atoms with Crippen LogP contribution in [0, 0.1) is 5.41 Å². The second-order valence-corrected chi connectivity index (χ2v) is 5.18. The van der Waals surface area contributed by atoms with Crippen LogP contribution in [-0.4, -0.2) is 25.2 Å². The van der Waals surface area contributed by atoms with Crippen LogP contribution < -0.4 is 10.6 Å². The van der Waals surface area contributed by atoms with Crippen molar-refractivity contribution in [3.05, 3.63) is 0 Å². The smallest absolute Gasteiger partial charge is 0.0195 e. The molecule has 0 aromatic heterocycles. The minimum atomic E-state index is 0.777. The van der Waals surface area contributed by atoms with Crippen LogP contribution in [-0.2, 0) is 0 Å². The molecule has 2 aliphatic carbocycles. The molecular formula is C11H20N2. The van der Waals surface area contributed by atoms with E-state index in [2.05, 4.69) is 10.6 Å². The first-order valence-electron chi connectivity index (χ1n) is 5.86. The van der Waals surface area contributed by atoms with E-state index in [4.69, 9.17) is 0 Å². The van der Waals surface area contributed by atoms with E-state index in [-0.39, 0.29) is 0 Å². The van der Waals surface area contributed by atoms with E-state index in [0.29, 0.717) is 0 Å². The molecule has 3 aliphatic rings. The first-order chi connectivity index (χ1) is 6.39. The molecule has 2 saturated carbocycles. The summed E-state index contributed by atoms with van der Waals surface area (Å²) in [5, 5.41) is 7.29. The van der Waals surface area contributed by atoms with Crippen LogP contribution in [0.25, 0.3) is 0 Å². The number of hydrogen-bond acceptors (Lipinski definition) is 2. The van der Waals surface area contributed by atoms with Gasteiger partial charge in [0.2, 0.25) is 0 Å². The third-order valence-electron chi connectivity index (χ3n) is 4.27. The van der Waals surface area contributed by atoms with Gasteiger partial charge in [-0.15, -0.1) is 0 Å². The highest BCUT2D eigenvalue weighted by molar-refractivity contribution is 5.13. The Morgan fingerprint density at radius 3 is 2.69 bits per heavy atom. The highest BCUT2D eigenvalue weighted by Gasteiger charge is 2.57. The van der Waals surface area contributed by atoms with Crippen LogP contribution in [0.4, 0.5) is 0 Å². The van der Waals surface area contributed by atoms with Crippen molar-refractivity contribution in [3.8, 4) is 0 Å². The summed E-state index contributed by atoms with van der Waals surface area (Å²) in [6, 6.07) is 1.67. The zero-order valence-electron chi connectivity index (χ0n) is 8.31. The minimum Gasteiger partial charge on any atom is -0.315 e. The van der Waals surface area contributed by atoms with Gasteiger partial charge in [-0.1, -0.05) is 6.42 Å². The average molecular weight is 180 g/mol. The van der Waals surface area contributed by atoms with Gasteiger partial charge < -0.3 is 10.6 Å². The lowest BCUT2D eigenvalue weighted by atomic mass is 9.81. The van der Waals surface area contributed by atoms with E-state index in [9.17, 15) is 0 Å². The quantitative estimate of drug-likeness (QED) is 0.669. The molecule has 1 heterocycles. The van der Waals surface area contributed by atoms with E-state index in [1.165, 1.54) is 51.6 Å². The molecule has 1 saturated heterocycles. The molecule has 2 heteroatoms. The van der Waals surface area contributed by atoms with Crippen molar-refractivity contribution in [1.29, 1.82) is 0 Å². The van der Waals surface area contributed by atoms with Gasteiger partial charge >= 0.3 is 0 Å². The Morgan fingerprint density at radius 2 is 2.15 bits per heavy atom. The summed E-state index contributed by atoms with van der Waals surface area (Å²) >= 11 is 0. The van der Waals surface area contributed by atoms with Crippen molar-refractivity contribution in [3.63, 3.8) is 0 Å². The lowest BCUT2D eigenvalue weighted by Crippen LogP contribution is -2.45. The Bertz CT molecular complexity index is 190. The summed E-state index contributed by atoms with van der Waals surface area (Å²) in [5.41, 5.74) is 0.803. The van der Waals surface area contributed by atoms with Crippen molar-refractivity contribution in [1.82, 2.24) is 10.6 Å². The van der Waals surface area contributed by atoms with E-state index < -0.39 is 0 Å². The van der Waals surface area contributed by atoms with E-state index in [1.54, 1.807) is 0 Å². The third-order valence-corrected chi connectivity index (χ3v) is 4.27. The van der Waals surface area contributed by atoms with Gasteiger partial charge in [0, 0.05) is 18.6 Å². The van der Waals surface area contributed by atoms with E-state index in [1.807, 2.05) is 0 Å². The van der Waals surface area contributed by atoms with Crippen LogP contribution in [0.3, 0.4) is 0 Å². The second kappa shape index (κ2) is 2.96. The summed E-state index contributed by atoms with van der Waals surface area (Å²) < 4.78 is 0. The van der Waals surface area contributed by atoms with Crippen molar-refractivity contribution in [2.75, 3.05) is 13.1 Å². The predicted octanol–water partition coefficient (Wildman–Crippen LogP) is 1.27. The Kier molecular flexibility index (Phi) is 1.88. The molecule has 1 aliphatic heterocycles. The van der Waals surface area contributed by atoms with Crippen LogP contribution in [0.2, 0.25) is 0 Å². The maximum absolute atomic E-state index is 3.82. The molecule has 74 valence electrons. The van der Waals surface area contributed by atoms with Crippen molar-refractivity contribution >= 4 is 0 Å². The number of nitrogens with one attached hydrogen (secondary N) is 2. The van der Waals surface area contributed by atoms with Crippen molar-refractivity contribution < 1.29 is 0 Å². The zero-order chi connectivity index (χ0) is 8.73. The molecule has 2 N–H and O–H groups in total. The molecule has 0 aromatic carbocycles. The standard InChI is InChI=1S/C11H20N2/c1-3-9(8-12-6-1)13-10-7-11(10)4-2-5-11/h9-10,12-13H,1-8H2. The Balaban J connectivity index is 1.47. The molecule has 3 fully saturated rings. The Labute approximate surface area is 80.5 Å². The largest absolute Gasteiger partial charge is 0.315 e. The highest BCUT2D eigenvalue weighted by atomic mass is 15.1. The molecular weight excluding hydrogens is 160 g/mol. The maximum atomic E-state index is 3.82. The Morgan fingerprint density at radius 1 is 1.23 bits per heavy atom. The van der Waals surface area contributed by atoms with Gasteiger partial charge in [-0.25, -0.2) is 0 Å². The van der Waals surface area contributed by atoms with Gasteiger partial charge in [-0.3, -0.25) is 0 Å². The molecule has 0 radical (unpaired) electrons. The lowest BCUT2D eigenvalue weighted by Gasteiger charge is -2.30. The van der Waals surface area contributed by atoms with Crippen LogP contribution >= 0.6 is 0 Å². The zero-order valence-corrected chi connectivity index (χ0v) is 8.31. The molecule has 0 amide bonds. The second-order valence-electron chi connectivity index (χ2n) is 5.18. The summed E-state index contributed by atoms with van der Waals surface area (Å²) in [6.45, 7) is 2.43. The molecule has 0 bridgehead atoms. The van der Waals surface area contributed by atoms with E-state index >= 15 is 0 Å². The molecule has 0 aromatic rings. The number of rotatable bonds is 2. The normalized spacial score (nSPS) is 41.5. The first kappa shape index (κ1) is 8.25. The van der Waals surface area contributed by atoms with Gasteiger partial charge in [-0.2, -0.15) is 0 Å². The van der Waals surface area contributed by atoms with Crippen LogP contribution in [0.5, 0.6) is 0 Å². The fourth-order valence-corrected chi connectivity index (χ4v) is 3.05. The molecule has 3 rings (SSSR count).